The average molecular weight is 264 g/mol. The lowest BCUT2D eigenvalue weighted by molar-refractivity contribution is 0.0570. The van der Waals surface area contributed by atoms with Gasteiger partial charge in [-0.25, -0.2) is 0 Å². The predicted octanol–water partition coefficient (Wildman–Crippen LogP) is 1.30. The molecule has 1 fully saturated rings. The number of benzene rings is 1. The molecule has 104 valence electrons. The summed E-state index contributed by atoms with van der Waals surface area (Å²) in [6.07, 6.45) is 1.81. The zero-order valence-electron chi connectivity index (χ0n) is 11.0. The van der Waals surface area contributed by atoms with Crippen molar-refractivity contribution < 1.29 is 15.0 Å². The van der Waals surface area contributed by atoms with Crippen LogP contribution in [0.4, 0.5) is 0 Å². The van der Waals surface area contributed by atoms with Crippen LogP contribution in [0.3, 0.4) is 0 Å². The van der Waals surface area contributed by atoms with E-state index in [0.29, 0.717) is 19.0 Å². The molecule has 1 aliphatic rings. The van der Waals surface area contributed by atoms with Crippen LogP contribution in [0.5, 0.6) is 11.5 Å². The Morgan fingerprint density at radius 1 is 1.47 bits per heavy atom. The van der Waals surface area contributed by atoms with E-state index in [2.05, 4.69) is 6.92 Å². The monoisotopic (exact) mass is 264 g/mol. The van der Waals surface area contributed by atoms with Crippen molar-refractivity contribution in [3.63, 3.8) is 0 Å². The summed E-state index contributed by atoms with van der Waals surface area (Å²) in [6, 6.07) is 3.97. The molecule has 2 atom stereocenters. The lowest BCUT2D eigenvalue weighted by atomic mass is 9.92. The number of carbonyl (C=O) groups is 1. The highest BCUT2D eigenvalue weighted by atomic mass is 16.3. The highest BCUT2D eigenvalue weighted by Gasteiger charge is 2.30. The summed E-state index contributed by atoms with van der Waals surface area (Å²) in [5, 5.41) is 19.2. The molecule has 0 aliphatic carbocycles. The molecule has 2 rings (SSSR count). The largest absolute Gasteiger partial charge is 0.508 e. The van der Waals surface area contributed by atoms with Gasteiger partial charge in [-0.05, 0) is 37.0 Å². The maximum atomic E-state index is 12.4. The third kappa shape index (κ3) is 2.81. The highest BCUT2D eigenvalue weighted by Crippen LogP contribution is 2.28. The second-order valence-corrected chi connectivity index (χ2v) is 5.22. The van der Waals surface area contributed by atoms with E-state index < -0.39 is 0 Å². The van der Waals surface area contributed by atoms with Crippen molar-refractivity contribution in [2.24, 2.45) is 11.7 Å². The molecule has 1 heterocycles. The Labute approximate surface area is 112 Å². The molecule has 5 heteroatoms. The summed E-state index contributed by atoms with van der Waals surface area (Å²) >= 11 is 0. The van der Waals surface area contributed by atoms with Gasteiger partial charge in [-0.2, -0.15) is 0 Å². The van der Waals surface area contributed by atoms with E-state index in [0.717, 1.165) is 12.8 Å². The van der Waals surface area contributed by atoms with Crippen LogP contribution in [-0.4, -0.2) is 40.2 Å². The van der Waals surface area contributed by atoms with E-state index in [-0.39, 0.29) is 29.0 Å². The summed E-state index contributed by atoms with van der Waals surface area (Å²) in [7, 11) is 0. The molecule has 1 aromatic rings. The number of rotatable bonds is 2. The Morgan fingerprint density at radius 3 is 2.89 bits per heavy atom. The number of hydrogen-bond donors (Lipinski definition) is 3. The van der Waals surface area contributed by atoms with Gasteiger partial charge >= 0.3 is 0 Å². The first kappa shape index (κ1) is 13.7. The Balaban J connectivity index is 2.25. The molecule has 1 aliphatic heterocycles. The minimum atomic E-state index is -0.268. The van der Waals surface area contributed by atoms with E-state index in [1.54, 1.807) is 4.90 Å². The van der Waals surface area contributed by atoms with Gasteiger partial charge in [0.15, 0.2) is 0 Å². The van der Waals surface area contributed by atoms with Crippen LogP contribution in [0.1, 0.15) is 30.1 Å². The molecule has 19 heavy (non-hydrogen) atoms. The smallest absolute Gasteiger partial charge is 0.258 e. The maximum Gasteiger partial charge on any atom is 0.258 e. The van der Waals surface area contributed by atoms with Gasteiger partial charge in [-0.15, -0.1) is 0 Å². The third-order valence-electron chi connectivity index (χ3n) is 3.72. The van der Waals surface area contributed by atoms with Crippen LogP contribution in [0, 0.1) is 5.92 Å². The van der Waals surface area contributed by atoms with Crippen molar-refractivity contribution in [3.8, 4) is 11.5 Å². The lowest BCUT2D eigenvalue weighted by Gasteiger charge is -2.38. The molecule has 0 aromatic heterocycles. The zero-order valence-corrected chi connectivity index (χ0v) is 11.0. The molecule has 5 nitrogen and oxygen atoms in total. The quantitative estimate of drug-likeness (QED) is 0.703. The normalized spacial score (nSPS) is 23.4. The van der Waals surface area contributed by atoms with Gasteiger partial charge in [0, 0.05) is 19.1 Å². The molecule has 0 saturated carbocycles. The van der Waals surface area contributed by atoms with Crippen LogP contribution in [0.15, 0.2) is 18.2 Å². The minimum absolute atomic E-state index is 0.00185. The summed E-state index contributed by atoms with van der Waals surface area (Å²) in [6.45, 7) is 3.20. The molecule has 1 saturated heterocycles. The van der Waals surface area contributed by atoms with Gasteiger partial charge in [0.25, 0.3) is 5.91 Å². The number of phenolic OH excluding ortho intramolecular Hbond substituents is 2. The predicted molar refractivity (Wildman–Crippen MR) is 72.0 cm³/mol. The van der Waals surface area contributed by atoms with Gasteiger partial charge in [0.05, 0.1) is 5.56 Å². The number of nitrogens with two attached hydrogens (primary N) is 1. The van der Waals surface area contributed by atoms with E-state index in [9.17, 15) is 15.0 Å². The van der Waals surface area contributed by atoms with Crippen molar-refractivity contribution in [3.05, 3.63) is 23.8 Å². The van der Waals surface area contributed by atoms with E-state index in [1.807, 2.05) is 0 Å². The molecule has 1 amide bonds. The fourth-order valence-corrected chi connectivity index (χ4v) is 2.59. The van der Waals surface area contributed by atoms with Crippen molar-refractivity contribution in [1.29, 1.82) is 0 Å². The second kappa shape index (κ2) is 5.48. The van der Waals surface area contributed by atoms with Crippen molar-refractivity contribution >= 4 is 5.91 Å². The molecule has 0 spiro atoms. The summed E-state index contributed by atoms with van der Waals surface area (Å²) < 4.78 is 0. The van der Waals surface area contributed by atoms with Crippen molar-refractivity contribution in [2.75, 3.05) is 13.1 Å². The number of aromatic hydroxyl groups is 2. The summed E-state index contributed by atoms with van der Waals surface area (Å²) in [5.41, 5.74) is 5.87. The summed E-state index contributed by atoms with van der Waals surface area (Å²) in [5.74, 6) is 0.138. The topological polar surface area (TPSA) is 86.8 Å². The van der Waals surface area contributed by atoms with Crippen LogP contribution in [0.25, 0.3) is 0 Å². The van der Waals surface area contributed by atoms with E-state index in [4.69, 9.17) is 5.73 Å². The molecule has 2 unspecified atom stereocenters. The number of phenols is 2. The zero-order chi connectivity index (χ0) is 14.0. The van der Waals surface area contributed by atoms with Crippen LogP contribution in [0.2, 0.25) is 0 Å². The Kier molecular flexibility index (Phi) is 3.95. The van der Waals surface area contributed by atoms with Gasteiger partial charge in [-0.1, -0.05) is 6.92 Å². The van der Waals surface area contributed by atoms with Gasteiger partial charge in [0.1, 0.15) is 11.5 Å². The Morgan fingerprint density at radius 2 is 2.21 bits per heavy atom. The number of likely N-dealkylation sites (tertiary alicyclic amines) is 1. The first-order chi connectivity index (χ1) is 9.02. The number of carbonyl (C=O) groups excluding carboxylic acids is 1. The molecule has 1 aromatic carbocycles. The van der Waals surface area contributed by atoms with Gasteiger partial charge < -0.3 is 20.8 Å². The first-order valence-corrected chi connectivity index (χ1v) is 6.56. The molecule has 0 radical (unpaired) electrons. The number of hydrogen-bond acceptors (Lipinski definition) is 4. The van der Waals surface area contributed by atoms with Crippen LogP contribution in [-0.2, 0) is 0 Å². The molecular weight excluding hydrogens is 244 g/mol. The van der Waals surface area contributed by atoms with E-state index >= 15 is 0 Å². The van der Waals surface area contributed by atoms with Crippen LogP contribution >= 0.6 is 0 Å². The number of piperidine rings is 1. The average Bonchev–Trinajstić information content (AvgIpc) is 2.40. The maximum absolute atomic E-state index is 12.4. The third-order valence-corrected chi connectivity index (χ3v) is 3.72. The molecule has 4 N–H and O–H groups in total. The number of nitrogens with zero attached hydrogens (tertiary/aromatic N) is 1. The first-order valence-electron chi connectivity index (χ1n) is 6.56. The van der Waals surface area contributed by atoms with Crippen LogP contribution < -0.4 is 5.73 Å². The van der Waals surface area contributed by atoms with Gasteiger partial charge in [0.2, 0.25) is 0 Å². The number of amides is 1. The van der Waals surface area contributed by atoms with E-state index in [1.165, 1.54) is 18.2 Å². The summed E-state index contributed by atoms with van der Waals surface area (Å²) in [4.78, 5) is 14.2. The lowest BCUT2D eigenvalue weighted by Crippen LogP contribution is -2.49. The minimum Gasteiger partial charge on any atom is -0.508 e. The fraction of sp³-hybridized carbons (Fsp3) is 0.500. The molecule has 0 bridgehead atoms. The molecular formula is C14H20N2O3. The van der Waals surface area contributed by atoms with Gasteiger partial charge in [-0.3, -0.25) is 4.79 Å². The second-order valence-electron chi connectivity index (χ2n) is 5.22. The Hall–Kier alpha value is -1.75. The Bertz CT molecular complexity index is 476. The fourth-order valence-electron chi connectivity index (χ4n) is 2.59. The SMILES string of the molecule is CC1CCN(C(=O)c2cc(O)ccc2O)C(CN)C1. The van der Waals surface area contributed by atoms with Crippen molar-refractivity contribution in [2.45, 2.75) is 25.8 Å². The van der Waals surface area contributed by atoms with Crippen molar-refractivity contribution in [1.82, 2.24) is 4.90 Å². The highest BCUT2D eigenvalue weighted by molar-refractivity contribution is 5.97. The standard InChI is InChI=1S/C14H20N2O3/c1-9-4-5-16(10(6-9)8-15)14(19)12-7-11(17)2-3-13(12)18/h2-3,7,9-10,17-18H,4-6,8,15H2,1H3.